The van der Waals surface area contributed by atoms with Crippen molar-refractivity contribution in [2.45, 2.75) is 37.7 Å². The van der Waals surface area contributed by atoms with Crippen molar-refractivity contribution in [1.29, 1.82) is 0 Å². The lowest BCUT2D eigenvalue weighted by Gasteiger charge is -2.17. The van der Waals surface area contributed by atoms with E-state index in [4.69, 9.17) is 23.2 Å². The second-order valence-corrected chi connectivity index (χ2v) is 8.10. The summed E-state index contributed by atoms with van der Waals surface area (Å²) in [5, 5.41) is 9.51. The maximum absolute atomic E-state index is 12.4. The van der Waals surface area contributed by atoms with Gasteiger partial charge in [0.2, 0.25) is 10.0 Å². The Kier molecular flexibility index (Phi) is 5.54. The third-order valence-corrected chi connectivity index (χ3v) is 6.38. The minimum Gasteiger partial charge on any atom is -0.392 e. The summed E-state index contributed by atoms with van der Waals surface area (Å²) in [5.74, 6) is 0.893. The van der Waals surface area contributed by atoms with Crippen molar-refractivity contribution < 1.29 is 13.5 Å². The van der Waals surface area contributed by atoms with Gasteiger partial charge in [0.05, 0.1) is 11.6 Å². The van der Waals surface area contributed by atoms with Gasteiger partial charge in [0, 0.05) is 11.6 Å². The average molecular weight is 352 g/mol. The summed E-state index contributed by atoms with van der Waals surface area (Å²) >= 11 is 11.9. The predicted octanol–water partition coefficient (Wildman–Crippen LogP) is 3.20. The summed E-state index contributed by atoms with van der Waals surface area (Å²) in [7, 11) is -3.70. The first-order chi connectivity index (χ1) is 9.85. The van der Waals surface area contributed by atoms with Crippen molar-refractivity contribution in [3.8, 4) is 0 Å². The molecular formula is C14H19Cl2NO3S. The minimum absolute atomic E-state index is 0.0386. The number of rotatable bonds is 5. The highest BCUT2D eigenvalue weighted by molar-refractivity contribution is 7.89. The first kappa shape index (κ1) is 17.0. The summed E-state index contributed by atoms with van der Waals surface area (Å²) in [6, 6.07) is 2.67. The summed E-state index contributed by atoms with van der Waals surface area (Å²) in [4.78, 5) is -0.0386. The number of halogens is 2. The molecule has 1 saturated carbocycles. The van der Waals surface area contributed by atoms with Gasteiger partial charge in [-0.1, -0.05) is 43.0 Å². The monoisotopic (exact) mass is 351 g/mol. The maximum atomic E-state index is 12.4. The number of benzene rings is 1. The molecule has 7 heteroatoms. The zero-order valence-electron chi connectivity index (χ0n) is 11.8. The topological polar surface area (TPSA) is 66.4 Å². The van der Waals surface area contributed by atoms with Crippen LogP contribution in [0.3, 0.4) is 0 Å². The second kappa shape index (κ2) is 6.84. The normalized spacial score (nSPS) is 22.7. The smallest absolute Gasteiger partial charge is 0.242 e. The van der Waals surface area contributed by atoms with Gasteiger partial charge in [0.25, 0.3) is 0 Å². The number of aliphatic hydroxyl groups is 1. The molecule has 1 aromatic rings. The molecule has 1 aliphatic carbocycles. The van der Waals surface area contributed by atoms with Gasteiger partial charge in [-0.2, -0.15) is 0 Å². The van der Waals surface area contributed by atoms with Crippen LogP contribution in [0.15, 0.2) is 17.0 Å². The molecule has 4 nitrogen and oxygen atoms in total. The fourth-order valence-corrected chi connectivity index (χ4v) is 4.67. The van der Waals surface area contributed by atoms with Crippen LogP contribution in [0.5, 0.6) is 0 Å². The summed E-state index contributed by atoms with van der Waals surface area (Å²) in [5.41, 5.74) is 0.343. The quantitative estimate of drug-likeness (QED) is 0.855. The first-order valence-electron chi connectivity index (χ1n) is 6.93. The van der Waals surface area contributed by atoms with E-state index in [-0.39, 0.29) is 21.5 Å². The Balaban J connectivity index is 2.19. The molecule has 2 rings (SSSR count). The highest BCUT2D eigenvalue weighted by Crippen LogP contribution is 2.32. The van der Waals surface area contributed by atoms with Crippen LogP contribution < -0.4 is 4.72 Å². The summed E-state index contributed by atoms with van der Waals surface area (Å²) < 4.78 is 27.4. The van der Waals surface area contributed by atoms with E-state index in [0.29, 0.717) is 23.9 Å². The summed E-state index contributed by atoms with van der Waals surface area (Å²) in [6.07, 6.45) is 3.33. The van der Waals surface area contributed by atoms with Crippen LogP contribution >= 0.6 is 23.2 Å². The van der Waals surface area contributed by atoms with Crippen molar-refractivity contribution in [2.24, 2.45) is 11.8 Å². The zero-order valence-corrected chi connectivity index (χ0v) is 14.1. The highest BCUT2D eigenvalue weighted by atomic mass is 35.5. The lowest BCUT2D eigenvalue weighted by molar-refractivity contribution is 0.281. The molecule has 0 aromatic heterocycles. The Bertz CT molecular complexity index is 619. The Morgan fingerprint density at radius 3 is 2.57 bits per heavy atom. The largest absolute Gasteiger partial charge is 0.392 e. The van der Waals surface area contributed by atoms with Gasteiger partial charge in [0.15, 0.2) is 0 Å². The molecule has 0 amide bonds. The van der Waals surface area contributed by atoms with E-state index in [2.05, 4.69) is 11.6 Å². The van der Waals surface area contributed by atoms with Crippen LogP contribution in [0.2, 0.25) is 10.0 Å². The van der Waals surface area contributed by atoms with E-state index in [1.165, 1.54) is 12.1 Å². The number of sulfonamides is 1. The van der Waals surface area contributed by atoms with Crippen molar-refractivity contribution in [1.82, 2.24) is 4.72 Å². The SMILES string of the molecule is CC1CCCC1CNS(=O)(=O)c1cc(CO)c(Cl)cc1Cl. The third-order valence-electron chi connectivity index (χ3n) is 4.14. The first-order valence-corrected chi connectivity index (χ1v) is 9.17. The molecule has 0 spiro atoms. The Morgan fingerprint density at radius 2 is 2.00 bits per heavy atom. The molecular weight excluding hydrogens is 333 g/mol. The van der Waals surface area contributed by atoms with E-state index in [1.807, 2.05) is 0 Å². The summed E-state index contributed by atoms with van der Waals surface area (Å²) in [6.45, 7) is 2.22. The van der Waals surface area contributed by atoms with Crippen molar-refractivity contribution in [3.63, 3.8) is 0 Å². The lowest BCUT2D eigenvalue weighted by Crippen LogP contribution is -2.30. The van der Waals surface area contributed by atoms with Gasteiger partial charge in [-0.3, -0.25) is 0 Å². The van der Waals surface area contributed by atoms with Crippen LogP contribution in [0.1, 0.15) is 31.7 Å². The second-order valence-electron chi connectivity index (χ2n) is 5.55. The van der Waals surface area contributed by atoms with E-state index in [1.54, 1.807) is 0 Å². The predicted molar refractivity (Wildman–Crippen MR) is 84.1 cm³/mol. The van der Waals surface area contributed by atoms with Gasteiger partial charge < -0.3 is 5.11 Å². The van der Waals surface area contributed by atoms with Crippen LogP contribution in [-0.2, 0) is 16.6 Å². The fourth-order valence-electron chi connectivity index (χ4n) is 2.72. The standard InChI is InChI=1S/C14H19Cl2NO3S/c1-9-3-2-4-10(9)7-17-21(19,20)14-5-11(8-18)12(15)6-13(14)16/h5-6,9-10,17-18H,2-4,7-8H2,1H3. The minimum atomic E-state index is -3.70. The van der Waals surface area contributed by atoms with E-state index in [9.17, 15) is 13.5 Å². The van der Waals surface area contributed by atoms with E-state index in [0.717, 1.165) is 19.3 Å². The number of hydrogen-bond donors (Lipinski definition) is 2. The van der Waals surface area contributed by atoms with E-state index >= 15 is 0 Å². The number of aliphatic hydroxyl groups excluding tert-OH is 1. The Morgan fingerprint density at radius 1 is 1.29 bits per heavy atom. The van der Waals surface area contributed by atoms with Crippen molar-refractivity contribution in [2.75, 3.05) is 6.54 Å². The van der Waals surface area contributed by atoms with Crippen LogP contribution in [-0.4, -0.2) is 20.1 Å². The third kappa shape index (κ3) is 3.90. The number of nitrogens with one attached hydrogen (secondary N) is 1. The molecule has 2 unspecified atom stereocenters. The molecule has 0 heterocycles. The zero-order chi connectivity index (χ0) is 15.6. The lowest BCUT2D eigenvalue weighted by atomic mass is 9.99. The maximum Gasteiger partial charge on any atom is 0.242 e. The molecule has 0 aliphatic heterocycles. The molecule has 21 heavy (non-hydrogen) atoms. The van der Waals surface area contributed by atoms with Crippen molar-refractivity contribution in [3.05, 3.63) is 27.7 Å². The van der Waals surface area contributed by atoms with Gasteiger partial charge >= 0.3 is 0 Å². The molecule has 118 valence electrons. The Hall–Kier alpha value is -0.330. The highest BCUT2D eigenvalue weighted by Gasteiger charge is 2.26. The molecule has 2 atom stereocenters. The fraction of sp³-hybridized carbons (Fsp3) is 0.571. The van der Waals surface area contributed by atoms with Crippen LogP contribution in [0, 0.1) is 11.8 Å². The molecule has 1 aliphatic rings. The molecule has 1 aromatic carbocycles. The van der Waals surface area contributed by atoms with Gasteiger partial charge in [-0.05, 0) is 36.0 Å². The van der Waals surface area contributed by atoms with Gasteiger partial charge in [-0.25, -0.2) is 13.1 Å². The molecule has 1 fully saturated rings. The van der Waals surface area contributed by atoms with Gasteiger partial charge in [0.1, 0.15) is 4.90 Å². The Labute approximate surface area is 135 Å². The molecule has 0 saturated heterocycles. The number of hydrogen-bond acceptors (Lipinski definition) is 3. The van der Waals surface area contributed by atoms with Crippen molar-refractivity contribution >= 4 is 33.2 Å². The molecule has 0 radical (unpaired) electrons. The van der Waals surface area contributed by atoms with Crippen LogP contribution in [0.25, 0.3) is 0 Å². The van der Waals surface area contributed by atoms with E-state index < -0.39 is 10.0 Å². The molecule has 0 bridgehead atoms. The van der Waals surface area contributed by atoms with Gasteiger partial charge in [-0.15, -0.1) is 0 Å². The average Bonchev–Trinajstić information content (AvgIpc) is 2.82. The van der Waals surface area contributed by atoms with Crippen LogP contribution in [0.4, 0.5) is 0 Å². The molecule has 2 N–H and O–H groups in total.